The van der Waals surface area contributed by atoms with Crippen molar-refractivity contribution in [3.63, 3.8) is 0 Å². The maximum atomic E-state index is 5.40. The van der Waals surface area contributed by atoms with Crippen LogP contribution in [0.1, 0.15) is 25.7 Å². The van der Waals surface area contributed by atoms with E-state index in [2.05, 4.69) is 27.3 Å². The molecule has 3 rings (SSSR count). The Morgan fingerprint density at radius 3 is 2.73 bits per heavy atom. The number of rotatable bonds is 6. The van der Waals surface area contributed by atoms with Gasteiger partial charge in [0.25, 0.3) is 0 Å². The highest BCUT2D eigenvalue weighted by Crippen LogP contribution is 2.19. The second-order valence-corrected chi connectivity index (χ2v) is 5.90. The first-order chi connectivity index (χ1) is 10.8. The highest BCUT2D eigenvalue weighted by molar-refractivity contribution is 5.53. The number of hydrogen-bond donors (Lipinski definition) is 1. The van der Waals surface area contributed by atoms with Crippen LogP contribution in [0, 0.1) is 5.92 Å². The normalized spacial score (nSPS) is 17.0. The van der Waals surface area contributed by atoms with Crippen molar-refractivity contribution in [2.24, 2.45) is 5.92 Å². The predicted octanol–water partition coefficient (Wildman–Crippen LogP) is 2.56. The summed E-state index contributed by atoms with van der Waals surface area (Å²) in [4.78, 5) is 6.92. The number of aromatic nitrogens is 2. The van der Waals surface area contributed by atoms with E-state index in [9.17, 15) is 0 Å². The van der Waals surface area contributed by atoms with Gasteiger partial charge in [0.15, 0.2) is 0 Å². The van der Waals surface area contributed by atoms with E-state index in [1.807, 2.05) is 30.3 Å². The zero-order valence-corrected chi connectivity index (χ0v) is 13.2. The van der Waals surface area contributed by atoms with Crippen molar-refractivity contribution in [2.45, 2.75) is 26.3 Å². The fourth-order valence-electron chi connectivity index (χ4n) is 2.91. The highest BCUT2D eigenvalue weighted by Gasteiger charge is 2.20. The quantitative estimate of drug-likeness (QED) is 0.888. The first kappa shape index (κ1) is 15.2. The molecule has 0 amide bonds. The van der Waals surface area contributed by atoms with Gasteiger partial charge in [-0.05, 0) is 44.9 Å². The van der Waals surface area contributed by atoms with E-state index in [0.717, 1.165) is 44.2 Å². The van der Waals surface area contributed by atoms with Gasteiger partial charge in [0.2, 0.25) is 11.7 Å². The van der Waals surface area contributed by atoms with Crippen molar-refractivity contribution in [2.75, 3.05) is 26.2 Å². The Morgan fingerprint density at radius 1 is 1.23 bits per heavy atom. The molecule has 1 aromatic carbocycles. The molecule has 2 aromatic rings. The van der Waals surface area contributed by atoms with Crippen molar-refractivity contribution in [3.05, 3.63) is 36.2 Å². The van der Waals surface area contributed by atoms with Crippen LogP contribution in [-0.4, -0.2) is 41.2 Å². The van der Waals surface area contributed by atoms with Gasteiger partial charge in [-0.15, -0.1) is 0 Å². The number of hydrogen-bond acceptors (Lipinski definition) is 5. The van der Waals surface area contributed by atoms with Gasteiger partial charge in [-0.2, -0.15) is 4.98 Å². The van der Waals surface area contributed by atoms with E-state index in [4.69, 9.17) is 4.52 Å². The summed E-state index contributed by atoms with van der Waals surface area (Å²) in [7, 11) is 0. The lowest BCUT2D eigenvalue weighted by Gasteiger charge is -2.30. The van der Waals surface area contributed by atoms with Crippen LogP contribution in [0.3, 0.4) is 0 Å². The minimum Gasteiger partial charge on any atom is -0.338 e. The fourth-order valence-corrected chi connectivity index (χ4v) is 2.91. The van der Waals surface area contributed by atoms with Crippen LogP contribution in [0.5, 0.6) is 0 Å². The average molecular weight is 300 g/mol. The second-order valence-electron chi connectivity index (χ2n) is 5.90. The zero-order valence-electron chi connectivity index (χ0n) is 13.2. The average Bonchev–Trinajstić information content (AvgIpc) is 3.04. The molecule has 0 unspecified atom stereocenters. The molecule has 1 fully saturated rings. The monoisotopic (exact) mass is 300 g/mol. The molecule has 1 aromatic heterocycles. The number of benzene rings is 1. The summed E-state index contributed by atoms with van der Waals surface area (Å²) in [6.45, 7) is 7.34. The predicted molar refractivity (Wildman–Crippen MR) is 86.3 cm³/mol. The Labute approximate surface area is 131 Å². The molecule has 22 heavy (non-hydrogen) atoms. The third kappa shape index (κ3) is 3.93. The molecule has 1 saturated heterocycles. The van der Waals surface area contributed by atoms with Gasteiger partial charge in [0.1, 0.15) is 0 Å². The molecule has 0 bridgehead atoms. The lowest BCUT2D eigenvalue weighted by molar-refractivity contribution is 0.158. The van der Waals surface area contributed by atoms with Gasteiger partial charge in [-0.1, -0.05) is 42.4 Å². The molecular formula is C17H24N4O. The van der Waals surface area contributed by atoms with Crippen LogP contribution in [0.4, 0.5) is 0 Å². The second kappa shape index (κ2) is 7.51. The lowest BCUT2D eigenvalue weighted by Crippen LogP contribution is -2.36. The lowest BCUT2D eigenvalue weighted by atomic mass is 9.97. The molecule has 2 heterocycles. The van der Waals surface area contributed by atoms with Gasteiger partial charge in [0.05, 0.1) is 6.54 Å². The Morgan fingerprint density at radius 2 is 2.00 bits per heavy atom. The third-order valence-corrected chi connectivity index (χ3v) is 4.25. The molecule has 0 aliphatic carbocycles. The van der Waals surface area contributed by atoms with Gasteiger partial charge in [0, 0.05) is 5.56 Å². The number of piperidine rings is 1. The topological polar surface area (TPSA) is 54.2 Å². The van der Waals surface area contributed by atoms with Crippen LogP contribution in [0.25, 0.3) is 11.4 Å². The SMILES string of the molecule is CCNCC1CCN(Cc2nc(-c3ccccc3)no2)CC1. The van der Waals surface area contributed by atoms with E-state index >= 15 is 0 Å². The van der Waals surface area contributed by atoms with Crippen molar-refractivity contribution in [3.8, 4) is 11.4 Å². The number of likely N-dealkylation sites (tertiary alicyclic amines) is 1. The number of nitrogens with one attached hydrogen (secondary N) is 1. The van der Waals surface area contributed by atoms with Crippen molar-refractivity contribution in [1.29, 1.82) is 0 Å². The van der Waals surface area contributed by atoms with Crippen LogP contribution < -0.4 is 5.32 Å². The largest absolute Gasteiger partial charge is 0.338 e. The van der Waals surface area contributed by atoms with Crippen LogP contribution in [0.2, 0.25) is 0 Å². The summed E-state index contributed by atoms with van der Waals surface area (Å²) in [5, 5.41) is 7.53. The maximum absolute atomic E-state index is 5.40. The van der Waals surface area contributed by atoms with Crippen LogP contribution >= 0.6 is 0 Å². The Kier molecular flexibility index (Phi) is 5.19. The molecular weight excluding hydrogens is 276 g/mol. The third-order valence-electron chi connectivity index (χ3n) is 4.25. The van der Waals surface area contributed by atoms with Gasteiger partial charge in [-0.25, -0.2) is 0 Å². The molecule has 118 valence electrons. The summed E-state index contributed by atoms with van der Waals surface area (Å²) in [6, 6.07) is 9.96. The zero-order chi connectivity index (χ0) is 15.2. The standard InChI is InChI=1S/C17H24N4O/c1-2-18-12-14-8-10-21(11-9-14)13-16-19-17(20-22-16)15-6-4-3-5-7-15/h3-7,14,18H,2,8-13H2,1H3. The van der Waals surface area contributed by atoms with E-state index in [0.29, 0.717) is 11.7 Å². The summed E-state index contributed by atoms with van der Waals surface area (Å²) in [6.07, 6.45) is 2.49. The summed E-state index contributed by atoms with van der Waals surface area (Å²) in [5.74, 6) is 2.19. The Bertz CT molecular complexity index is 561. The van der Waals surface area contributed by atoms with E-state index in [1.54, 1.807) is 0 Å². The van der Waals surface area contributed by atoms with Crippen LogP contribution in [0.15, 0.2) is 34.9 Å². The highest BCUT2D eigenvalue weighted by atomic mass is 16.5. The molecule has 1 N–H and O–H groups in total. The maximum Gasteiger partial charge on any atom is 0.241 e. The van der Waals surface area contributed by atoms with Crippen LogP contribution in [-0.2, 0) is 6.54 Å². The molecule has 5 nitrogen and oxygen atoms in total. The van der Waals surface area contributed by atoms with Gasteiger partial charge >= 0.3 is 0 Å². The molecule has 0 radical (unpaired) electrons. The van der Waals surface area contributed by atoms with Crippen molar-refractivity contribution >= 4 is 0 Å². The smallest absolute Gasteiger partial charge is 0.241 e. The van der Waals surface area contributed by atoms with E-state index in [-0.39, 0.29) is 0 Å². The van der Waals surface area contributed by atoms with Gasteiger partial charge in [-0.3, -0.25) is 4.90 Å². The molecule has 1 aliphatic rings. The fraction of sp³-hybridized carbons (Fsp3) is 0.529. The van der Waals surface area contributed by atoms with Crippen molar-refractivity contribution < 1.29 is 4.52 Å². The Balaban J connectivity index is 1.51. The molecule has 5 heteroatoms. The Hall–Kier alpha value is -1.72. The first-order valence-electron chi connectivity index (χ1n) is 8.16. The van der Waals surface area contributed by atoms with Gasteiger partial charge < -0.3 is 9.84 Å². The summed E-state index contributed by atoms with van der Waals surface area (Å²) >= 11 is 0. The number of nitrogens with zero attached hydrogens (tertiary/aromatic N) is 3. The summed E-state index contributed by atoms with van der Waals surface area (Å²) in [5.41, 5.74) is 1.00. The molecule has 1 aliphatic heterocycles. The molecule has 0 saturated carbocycles. The first-order valence-corrected chi connectivity index (χ1v) is 8.16. The molecule has 0 spiro atoms. The van der Waals surface area contributed by atoms with Crippen molar-refractivity contribution in [1.82, 2.24) is 20.4 Å². The van der Waals surface area contributed by atoms with E-state index in [1.165, 1.54) is 12.8 Å². The minimum absolute atomic E-state index is 0.678. The molecule has 0 atom stereocenters. The van der Waals surface area contributed by atoms with E-state index < -0.39 is 0 Å². The minimum atomic E-state index is 0.678. The summed E-state index contributed by atoms with van der Waals surface area (Å²) < 4.78 is 5.40.